The largest absolute Gasteiger partial charge is 0.375 e. The highest BCUT2D eigenvalue weighted by Gasteiger charge is 2.23. The number of nitrogens with one attached hydrogen (secondary N) is 1. The van der Waals surface area contributed by atoms with E-state index in [9.17, 15) is 13.6 Å². The van der Waals surface area contributed by atoms with Crippen LogP contribution in [0.2, 0.25) is 0 Å². The minimum absolute atomic E-state index is 0.0514. The Morgan fingerprint density at radius 3 is 2.76 bits per heavy atom. The summed E-state index contributed by atoms with van der Waals surface area (Å²) >= 11 is 3.54. The highest BCUT2D eigenvalue weighted by atomic mass is 79.9. The molecule has 1 aliphatic rings. The van der Waals surface area contributed by atoms with E-state index in [0.717, 1.165) is 19.3 Å². The molecule has 1 saturated carbocycles. The van der Waals surface area contributed by atoms with Crippen molar-refractivity contribution >= 4 is 21.8 Å². The van der Waals surface area contributed by atoms with E-state index in [1.807, 2.05) is 0 Å². The SMILES string of the molecule is O=C(CCOCC(F)F)NC1CCCCC1Br. The van der Waals surface area contributed by atoms with Crippen molar-refractivity contribution in [2.24, 2.45) is 0 Å². The number of hydrogen-bond acceptors (Lipinski definition) is 2. The fourth-order valence-corrected chi connectivity index (χ4v) is 2.58. The van der Waals surface area contributed by atoms with E-state index < -0.39 is 13.0 Å². The van der Waals surface area contributed by atoms with Gasteiger partial charge >= 0.3 is 0 Å². The molecule has 1 fully saturated rings. The molecule has 2 unspecified atom stereocenters. The Hall–Kier alpha value is -0.230. The van der Waals surface area contributed by atoms with Crippen LogP contribution in [0.3, 0.4) is 0 Å². The number of carbonyl (C=O) groups is 1. The first-order valence-electron chi connectivity index (χ1n) is 5.89. The van der Waals surface area contributed by atoms with E-state index in [2.05, 4.69) is 26.0 Å². The predicted molar refractivity (Wildman–Crippen MR) is 64.6 cm³/mol. The van der Waals surface area contributed by atoms with Gasteiger partial charge in [-0.3, -0.25) is 4.79 Å². The molecule has 3 nitrogen and oxygen atoms in total. The van der Waals surface area contributed by atoms with Crippen LogP contribution in [0.5, 0.6) is 0 Å². The minimum Gasteiger partial charge on any atom is -0.375 e. The molecule has 1 amide bonds. The number of hydrogen-bond donors (Lipinski definition) is 1. The molecule has 1 aliphatic carbocycles. The summed E-state index contributed by atoms with van der Waals surface area (Å²) in [6.07, 6.45) is 2.01. The molecule has 0 heterocycles. The van der Waals surface area contributed by atoms with Gasteiger partial charge in [-0.2, -0.15) is 0 Å². The Morgan fingerprint density at radius 1 is 1.41 bits per heavy atom. The molecule has 0 spiro atoms. The van der Waals surface area contributed by atoms with Crippen LogP contribution in [0.1, 0.15) is 32.1 Å². The van der Waals surface area contributed by atoms with Gasteiger partial charge in [-0.1, -0.05) is 28.8 Å². The zero-order valence-corrected chi connectivity index (χ0v) is 11.2. The fourth-order valence-electron chi connectivity index (χ4n) is 1.86. The van der Waals surface area contributed by atoms with Crippen LogP contribution in [0.4, 0.5) is 8.78 Å². The molecule has 0 aromatic rings. The van der Waals surface area contributed by atoms with E-state index in [1.165, 1.54) is 6.42 Å². The third-order valence-corrected chi connectivity index (χ3v) is 3.84. The summed E-state index contributed by atoms with van der Waals surface area (Å²) in [6.45, 7) is -0.548. The lowest BCUT2D eigenvalue weighted by atomic mass is 9.95. The van der Waals surface area contributed by atoms with Crippen LogP contribution in [-0.2, 0) is 9.53 Å². The number of ether oxygens (including phenoxy) is 1. The molecule has 1 rings (SSSR count). The molecule has 17 heavy (non-hydrogen) atoms. The van der Waals surface area contributed by atoms with Crippen LogP contribution in [0, 0.1) is 0 Å². The first-order valence-corrected chi connectivity index (χ1v) is 6.80. The smallest absolute Gasteiger partial charge is 0.261 e. The molecule has 0 bridgehead atoms. The van der Waals surface area contributed by atoms with Crippen LogP contribution in [-0.4, -0.2) is 36.4 Å². The molecule has 0 aromatic heterocycles. The highest BCUT2D eigenvalue weighted by molar-refractivity contribution is 9.09. The third-order valence-electron chi connectivity index (χ3n) is 2.75. The van der Waals surface area contributed by atoms with Gasteiger partial charge in [0.05, 0.1) is 6.61 Å². The second-order valence-electron chi connectivity index (χ2n) is 4.19. The highest BCUT2D eigenvalue weighted by Crippen LogP contribution is 2.24. The molecule has 0 aromatic carbocycles. The first kappa shape index (κ1) is 14.8. The summed E-state index contributed by atoms with van der Waals surface area (Å²) in [5.74, 6) is -0.129. The summed E-state index contributed by atoms with van der Waals surface area (Å²) < 4.78 is 28.2. The Kier molecular flexibility index (Phi) is 6.96. The number of rotatable bonds is 6. The molecule has 6 heteroatoms. The topological polar surface area (TPSA) is 38.3 Å². The van der Waals surface area contributed by atoms with Gasteiger partial charge < -0.3 is 10.1 Å². The maximum absolute atomic E-state index is 11.8. The predicted octanol–water partition coefficient (Wildman–Crippen LogP) is 2.48. The van der Waals surface area contributed by atoms with Crippen molar-refractivity contribution in [1.29, 1.82) is 0 Å². The van der Waals surface area contributed by atoms with Crippen LogP contribution in [0.15, 0.2) is 0 Å². The minimum atomic E-state index is -2.47. The molecular weight excluding hydrogens is 296 g/mol. The maximum Gasteiger partial charge on any atom is 0.261 e. The number of halogens is 3. The second-order valence-corrected chi connectivity index (χ2v) is 5.37. The van der Waals surface area contributed by atoms with Crippen molar-refractivity contribution in [1.82, 2.24) is 5.32 Å². The van der Waals surface area contributed by atoms with Gasteiger partial charge in [-0.25, -0.2) is 8.78 Å². The Labute approximate surface area is 108 Å². The lowest BCUT2D eigenvalue weighted by Crippen LogP contribution is -2.42. The summed E-state index contributed by atoms with van der Waals surface area (Å²) in [5.41, 5.74) is 0. The Bertz CT molecular complexity index is 242. The standard InChI is InChI=1S/C11H18BrF2NO2/c12-8-3-1-2-4-9(8)15-11(16)5-6-17-7-10(13)14/h8-10H,1-7H2,(H,15,16). The van der Waals surface area contributed by atoms with Crippen molar-refractivity contribution in [2.45, 2.75) is 49.4 Å². The summed E-state index contributed by atoms with van der Waals surface area (Å²) in [5, 5.41) is 2.90. The molecule has 2 atom stereocenters. The first-order chi connectivity index (χ1) is 8.09. The lowest BCUT2D eigenvalue weighted by molar-refractivity contribution is -0.123. The fraction of sp³-hybridized carbons (Fsp3) is 0.909. The van der Waals surface area contributed by atoms with Crippen molar-refractivity contribution in [3.05, 3.63) is 0 Å². The van der Waals surface area contributed by atoms with Gasteiger partial charge in [0, 0.05) is 17.3 Å². The van der Waals surface area contributed by atoms with Crippen molar-refractivity contribution in [2.75, 3.05) is 13.2 Å². The summed E-state index contributed by atoms with van der Waals surface area (Å²) in [6, 6.07) is 0.159. The van der Waals surface area contributed by atoms with Gasteiger partial charge in [-0.15, -0.1) is 0 Å². The molecule has 0 radical (unpaired) electrons. The Morgan fingerprint density at radius 2 is 2.12 bits per heavy atom. The summed E-state index contributed by atoms with van der Waals surface area (Å²) in [7, 11) is 0. The van der Waals surface area contributed by atoms with Crippen LogP contribution in [0.25, 0.3) is 0 Å². The summed E-state index contributed by atoms with van der Waals surface area (Å²) in [4.78, 5) is 11.8. The van der Waals surface area contributed by atoms with Crippen LogP contribution >= 0.6 is 15.9 Å². The van der Waals surface area contributed by atoms with Crippen LogP contribution < -0.4 is 5.32 Å². The maximum atomic E-state index is 11.8. The molecular formula is C11H18BrF2NO2. The zero-order chi connectivity index (χ0) is 12.7. The van der Waals surface area contributed by atoms with Crippen molar-refractivity contribution in [3.63, 3.8) is 0 Å². The van der Waals surface area contributed by atoms with Gasteiger partial charge in [0.15, 0.2) is 0 Å². The van der Waals surface area contributed by atoms with E-state index in [-0.39, 0.29) is 25.0 Å². The van der Waals surface area contributed by atoms with E-state index >= 15 is 0 Å². The number of carbonyl (C=O) groups excluding carboxylic acids is 1. The lowest BCUT2D eigenvalue weighted by Gasteiger charge is -2.28. The normalized spacial score (nSPS) is 24.9. The van der Waals surface area contributed by atoms with E-state index in [4.69, 9.17) is 0 Å². The molecule has 100 valence electrons. The van der Waals surface area contributed by atoms with Gasteiger partial charge in [-0.05, 0) is 12.8 Å². The number of alkyl halides is 3. The number of amides is 1. The monoisotopic (exact) mass is 313 g/mol. The van der Waals surface area contributed by atoms with Gasteiger partial charge in [0.25, 0.3) is 6.43 Å². The van der Waals surface area contributed by atoms with Gasteiger partial charge in [0.1, 0.15) is 6.61 Å². The molecule has 0 saturated heterocycles. The second kappa shape index (κ2) is 7.97. The molecule has 0 aliphatic heterocycles. The quantitative estimate of drug-likeness (QED) is 0.604. The average Bonchev–Trinajstić information content (AvgIpc) is 2.27. The van der Waals surface area contributed by atoms with Crippen molar-refractivity contribution < 1.29 is 18.3 Å². The Balaban J connectivity index is 2.11. The average molecular weight is 314 g/mol. The van der Waals surface area contributed by atoms with Gasteiger partial charge in [0.2, 0.25) is 5.91 Å². The van der Waals surface area contributed by atoms with E-state index in [1.54, 1.807) is 0 Å². The zero-order valence-electron chi connectivity index (χ0n) is 9.63. The van der Waals surface area contributed by atoms with Crippen molar-refractivity contribution in [3.8, 4) is 0 Å². The molecule has 1 N–H and O–H groups in total. The third kappa shape index (κ3) is 6.31. The van der Waals surface area contributed by atoms with E-state index in [0.29, 0.717) is 4.83 Å².